The van der Waals surface area contributed by atoms with E-state index < -0.39 is 0 Å². The van der Waals surface area contributed by atoms with Crippen LogP contribution in [0.2, 0.25) is 0 Å². The van der Waals surface area contributed by atoms with Gasteiger partial charge in [-0.15, -0.1) is 0 Å². The van der Waals surface area contributed by atoms with Crippen molar-refractivity contribution in [3.63, 3.8) is 0 Å². The molecular formula is C15H15N5O2. The Bertz CT molecular complexity index is 856. The highest BCUT2D eigenvalue weighted by Crippen LogP contribution is 2.20. The van der Waals surface area contributed by atoms with E-state index >= 15 is 0 Å². The van der Waals surface area contributed by atoms with Crippen LogP contribution in [-0.2, 0) is 4.74 Å². The predicted molar refractivity (Wildman–Crippen MR) is 81.8 cm³/mol. The van der Waals surface area contributed by atoms with Crippen molar-refractivity contribution in [3.05, 3.63) is 41.9 Å². The minimum Gasteiger partial charge on any atom is -0.462 e. The topological polar surface area (TPSA) is 95.9 Å². The fourth-order valence-electron chi connectivity index (χ4n) is 2.22. The minimum absolute atomic E-state index is 0.251. The third kappa shape index (κ3) is 2.48. The summed E-state index contributed by atoms with van der Waals surface area (Å²) in [7, 11) is 0. The number of hydrogen-bond acceptors (Lipinski definition) is 6. The van der Waals surface area contributed by atoms with Crippen molar-refractivity contribution < 1.29 is 9.53 Å². The van der Waals surface area contributed by atoms with E-state index in [2.05, 4.69) is 15.1 Å². The average molecular weight is 297 g/mol. The van der Waals surface area contributed by atoms with Crippen molar-refractivity contribution >= 4 is 22.8 Å². The predicted octanol–water partition coefficient (Wildman–Crippen LogP) is 1.88. The summed E-state index contributed by atoms with van der Waals surface area (Å²) < 4.78 is 6.57. The summed E-state index contributed by atoms with van der Waals surface area (Å²) in [6, 6.07) is 5.61. The van der Waals surface area contributed by atoms with E-state index in [1.807, 2.05) is 25.1 Å². The van der Waals surface area contributed by atoms with Gasteiger partial charge in [-0.05, 0) is 32.0 Å². The van der Waals surface area contributed by atoms with Crippen LogP contribution < -0.4 is 5.73 Å². The molecule has 0 radical (unpaired) electrons. The molecule has 0 aliphatic rings. The molecule has 0 bridgehead atoms. The number of nitrogen functional groups attached to an aromatic ring is 1. The van der Waals surface area contributed by atoms with E-state index in [1.165, 1.54) is 6.20 Å². The number of carbonyl (C=O) groups excluding carboxylic acids is 1. The first-order chi connectivity index (χ1) is 10.6. The summed E-state index contributed by atoms with van der Waals surface area (Å²) >= 11 is 0. The molecule has 0 amide bonds. The second kappa shape index (κ2) is 5.44. The molecule has 0 saturated heterocycles. The van der Waals surface area contributed by atoms with Gasteiger partial charge in [0.05, 0.1) is 35.3 Å². The summed E-state index contributed by atoms with van der Waals surface area (Å²) in [4.78, 5) is 20.0. The average Bonchev–Trinajstić information content (AvgIpc) is 2.97. The lowest BCUT2D eigenvalue weighted by molar-refractivity contribution is 0.0526. The molecule has 0 spiro atoms. The Morgan fingerprint density at radius 1 is 1.36 bits per heavy atom. The van der Waals surface area contributed by atoms with E-state index in [1.54, 1.807) is 17.8 Å². The van der Waals surface area contributed by atoms with Crippen LogP contribution in [0.15, 0.2) is 30.6 Å². The van der Waals surface area contributed by atoms with Gasteiger partial charge in [-0.1, -0.05) is 0 Å². The first-order valence-corrected chi connectivity index (χ1v) is 6.84. The van der Waals surface area contributed by atoms with Crippen molar-refractivity contribution in [2.75, 3.05) is 12.3 Å². The molecule has 3 rings (SSSR count). The second-order valence-corrected chi connectivity index (χ2v) is 4.76. The normalized spacial score (nSPS) is 10.8. The smallest absolute Gasteiger partial charge is 0.341 e. The van der Waals surface area contributed by atoms with Crippen LogP contribution in [0.4, 0.5) is 5.95 Å². The number of anilines is 1. The van der Waals surface area contributed by atoms with Crippen molar-refractivity contribution in [1.29, 1.82) is 0 Å². The lowest BCUT2D eigenvalue weighted by atomic mass is 10.2. The molecule has 0 atom stereocenters. The molecule has 2 aromatic heterocycles. The maximum absolute atomic E-state index is 11.7. The third-order valence-electron chi connectivity index (χ3n) is 3.25. The van der Waals surface area contributed by atoms with Crippen molar-refractivity contribution in [1.82, 2.24) is 19.7 Å². The van der Waals surface area contributed by atoms with Gasteiger partial charge in [0.25, 0.3) is 0 Å². The Kier molecular flexibility index (Phi) is 3.46. The number of aryl methyl sites for hydroxylation is 1. The zero-order chi connectivity index (χ0) is 15.7. The van der Waals surface area contributed by atoms with Crippen LogP contribution in [0, 0.1) is 6.92 Å². The third-order valence-corrected chi connectivity index (χ3v) is 3.25. The van der Waals surface area contributed by atoms with E-state index in [0.29, 0.717) is 12.2 Å². The molecule has 112 valence electrons. The van der Waals surface area contributed by atoms with Crippen molar-refractivity contribution in [3.8, 4) is 5.69 Å². The first kappa shape index (κ1) is 14.0. The Balaban J connectivity index is 2.02. The highest BCUT2D eigenvalue weighted by Gasteiger charge is 2.11. The number of ether oxygens (including phenoxy) is 1. The summed E-state index contributed by atoms with van der Waals surface area (Å²) in [5, 5.41) is 5.08. The highest BCUT2D eigenvalue weighted by atomic mass is 16.5. The lowest BCUT2D eigenvalue weighted by Gasteiger charge is -2.06. The fourth-order valence-corrected chi connectivity index (χ4v) is 2.22. The largest absolute Gasteiger partial charge is 0.462 e. The molecule has 2 heterocycles. The number of fused-ring (bicyclic) bond motifs is 1. The number of nitrogens with two attached hydrogens (primary N) is 1. The van der Waals surface area contributed by atoms with Gasteiger partial charge < -0.3 is 10.5 Å². The summed E-state index contributed by atoms with van der Waals surface area (Å²) in [6.45, 7) is 3.97. The standard InChI is InChI=1S/C15H15N5O2/c1-3-22-14(21)10-7-17-20(8-10)11-4-5-13-12(6-11)9(2)18-15(16)19-13/h4-8H,3H2,1-2H3,(H2,16,18,19). The molecule has 0 saturated carbocycles. The number of benzene rings is 1. The quantitative estimate of drug-likeness (QED) is 0.741. The number of nitrogens with zero attached hydrogens (tertiary/aromatic N) is 4. The number of carbonyl (C=O) groups is 1. The fraction of sp³-hybridized carbons (Fsp3) is 0.200. The van der Waals surface area contributed by atoms with Gasteiger partial charge in [0.15, 0.2) is 0 Å². The molecule has 0 unspecified atom stereocenters. The highest BCUT2D eigenvalue weighted by molar-refractivity contribution is 5.89. The minimum atomic E-state index is -0.387. The van der Waals surface area contributed by atoms with E-state index in [4.69, 9.17) is 10.5 Å². The summed E-state index contributed by atoms with van der Waals surface area (Å²) in [5.41, 5.74) is 8.43. The van der Waals surface area contributed by atoms with Crippen LogP contribution in [0.5, 0.6) is 0 Å². The van der Waals surface area contributed by atoms with E-state index in [9.17, 15) is 4.79 Å². The first-order valence-electron chi connectivity index (χ1n) is 6.84. The van der Waals surface area contributed by atoms with Crippen LogP contribution in [-0.4, -0.2) is 32.3 Å². The van der Waals surface area contributed by atoms with Crippen LogP contribution in [0.25, 0.3) is 16.6 Å². The maximum atomic E-state index is 11.7. The number of rotatable bonds is 3. The zero-order valence-corrected chi connectivity index (χ0v) is 12.3. The number of esters is 1. The molecule has 0 fully saturated rings. The van der Waals surface area contributed by atoms with Gasteiger partial charge in [0.2, 0.25) is 5.95 Å². The van der Waals surface area contributed by atoms with Crippen LogP contribution >= 0.6 is 0 Å². The molecule has 7 heteroatoms. The van der Waals surface area contributed by atoms with Gasteiger partial charge in [0.1, 0.15) is 0 Å². The second-order valence-electron chi connectivity index (χ2n) is 4.76. The molecule has 2 N–H and O–H groups in total. The van der Waals surface area contributed by atoms with Crippen LogP contribution in [0.3, 0.4) is 0 Å². The molecule has 1 aromatic carbocycles. The molecule has 3 aromatic rings. The van der Waals surface area contributed by atoms with E-state index in [-0.39, 0.29) is 11.9 Å². The van der Waals surface area contributed by atoms with Gasteiger partial charge in [-0.25, -0.2) is 19.4 Å². The van der Waals surface area contributed by atoms with Crippen molar-refractivity contribution in [2.45, 2.75) is 13.8 Å². The van der Waals surface area contributed by atoms with Gasteiger partial charge in [-0.2, -0.15) is 5.10 Å². The molecule has 7 nitrogen and oxygen atoms in total. The maximum Gasteiger partial charge on any atom is 0.341 e. The van der Waals surface area contributed by atoms with Gasteiger partial charge in [-0.3, -0.25) is 0 Å². The summed E-state index contributed by atoms with van der Waals surface area (Å²) in [5.74, 6) is -0.136. The van der Waals surface area contributed by atoms with Gasteiger partial charge >= 0.3 is 5.97 Å². The number of hydrogen-bond donors (Lipinski definition) is 1. The van der Waals surface area contributed by atoms with Crippen LogP contribution in [0.1, 0.15) is 23.0 Å². The molecular weight excluding hydrogens is 282 g/mol. The Hall–Kier alpha value is -2.96. The Labute approximate surface area is 126 Å². The SMILES string of the molecule is CCOC(=O)c1cnn(-c2ccc3nc(N)nc(C)c3c2)c1. The van der Waals surface area contributed by atoms with Gasteiger partial charge in [0, 0.05) is 11.6 Å². The monoisotopic (exact) mass is 297 g/mol. The molecule has 22 heavy (non-hydrogen) atoms. The molecule has 0 aliphatic carbocycles. The lowest BCUT2D eigenvalue weighted by Crippen LogP contribution is -2.03. The summed E-state index contributed by atoms with van der Waals surface area (Å²) in [6.07, 6.45) is 3.11. The molecule has 0 aliphatic heterocycles. The number of aromatic nitrogens is 4. The zero-order valence-electron chi connectivity index (χ0n) is 12.3. The van der Waals surface area contributed by atoms with Crippen molar-refractivity contribution in [2.24, 2.45) is 0 Å². The Morgan fingerprint density at radius 2 is 2.18 bits per heavy atom. The Morgan fingerprint density at radius 3 is 2.95 bits per heavy atom. The van der Waals surface area contributed by atoms with E-state index in [0.717, 1.165) is 22.3 Å².